The van der Waals surface area contributed by atoms with Crippen LogP contribution in [0.5, 0.6) is 0 Å². The van der Waals surface area contributed by atoms with E-state index in [0.717, 1.165) is 17.1 Å². The number of anilines is 3. The monoisotopic (exact) mass is 816 g/mol. The average molecular weight is 817 g/mol. The molecule has 64 heavy (non-hydrogen) atoms. The number of hydrogen-bond acceptors (Lipinski definition) is 1. The van der Waals surface area contributed by atoms with E-state index in [1.807, 2.05) is 0 Å². The summed E-state index contributed by atoms with van der Waals surface area (Å²) in [5.41, 5.74) is 19.4. The number of hydrogen-bond donors (Lipinski definition) is 0. The molecule has 0 bridgehead atoms. The van der Waals surface area contributed by atoms with Crippen molar-refractivity contribution in [3.05, 3.63) is 264 Å². The van der Waals surface area contributed by atoms with Gasteiger partial charge in [0, 0.05) is 38.5 Å². The number of nitrogens with zero attached hydrogens (tertiary/aromatic N) is 2. The fourth-order valence-corrected chi connectivity index (χ4v) is 11.7. The van der Waals surface area contributed by atoms with E-state index in [9.17, 15) is 0 Å². The van der Waals surface area contributed by atoms with Gasteiger partial charge < -0.3 is 9.47 Å². The largest absolute Gasteiger partial charge is 0.309 e. The predicted molar refractivity (Wildman–Crippen MR) is 268 cm³/mol. The molecule has 13 rings (SSSR count). The third-order valence-corrected chi connectivity index (χ3v) is 14.4. The Morgan fingerprint density at radius 3 is 1.75 bits per heavy atom. The van der Waals surface area contributed by atoms with E-state index in [2.05, 4.69) is 254 Å². The molecule has 0 unspecified atom stereocenters. The topological polar surface area (TPSA) is 8.17 Å². The van der Waals surface area contributed by atoms with Crippen molar-refractivity contribution in [1.29, 1.82) is 0 Å². The van der Waals surface area contributed by atoms with Crippen molar-refractivity contribution in [1.82, 2.24) is 4.57 Å². The van der Waals surface area contributed by atoms with Crippen molar-refractivity contribution in [2.24, 2.45) is 0 Å². The van der Waals surface area contributed by atoms with Crippen LogP contribution in [0.25, 0.3) is 60.5 Å². The summed E-state index contributed by atoms with van der Waals surface area (Å²) in [5, 5.41) is 4.90. The molecular weight excluding hydrogens is 773 g/mol. The summed E-state index contributed by atoms with van der Waals surface area (Å²) in [4.78, 5) is 2.52. The quantitative estimate of drug-likeness (QED) is 0.162. The van der Waals surface area contributed by atoms with E-state index in [4.69, 9.17) is 0 Å². The first kappa shape index (κ1) is 36.7. The molecule has 0 radical (unpaired) electrons. The highest BCUT2D eigenvalue weighted by molar-refractivity contribution is 6.11. The Bertz CT molecular complexity index is 3600. The normalized spacial score (nSPS) is 14.0. The van der Waals surface area contributed by atoms with E-state index in [0.29, 0.717) is 0 Å². The SMILES string of the molecule is CC1(C)c2ccccc2-c2c(N(c3ccc4c5ccccc5n(-c5ccc6c(c5)-c5ccccc5C6(c5ccccc5)c5ccccc5)c4c3)c3cccc4ccccc34)cccc21. The molecule has 0 aliphatic heterocycles. The molecule has 0 saturated heterocycles. The first-order chi connectivity index (χ1) is 31.5. The van der Waals surface area contributed by atoms with E-state index in [1.165, 1.54) is 93.9 Å². The van der Waals surface area contributed by atoms with Crippen molar-refractivity contribution in [3.8, 4) is 27.9 Å². The Balaban J connectivity index is 1.08. The lowest BCUT2D eigenvalue weighted by atomic mass is 9.68. The minimum absolute atomic E-state index is 0.131. The maximum Gasteiger partial charge on any atom is 0.0713 e. The number of benzene rings is 10. The Morgan fingerprint density at radius 2 is 0.953 bits per heavy atom. The van der Waals surface area contributed by atoms with Crippen LogP contribution in [-0.2, 0) is 10.8 Å². The third kappa shape index (κ3) is 5.02. The number of fused-ring (bicyclic) bond motifs is 10. The van der Waals surface area contributed by atoms with Gasteiger partial charge in [-0.05, 0) is 97.9 Å². The molecule has 10 aromatic carbocycles. The van der Waals surface area contributed by atoms with Gasteiger partial charge in [0.25, 0.3) is 0 Å². The Labute approximate surface area is 374 Å². The van der Waals surface area contributed by atoms with Gasteiger partial charge in [-0.25, -0.2) is 0 Å². The van der Waals surface area contributed by atoms with Crippen molar-refractivity contribution in [3.63, 3.8) is 0 Å². The summed E-state index contributed by atoms with van der Waals surface area (Å²) in [6, 6.07) is 85.8. The molecule has 11 aromatic rings. The third-order valence-electron chi connectivity index (χ3n) is 14.4. The van der Waals surface area contributed by atoms with Crippen molar-refractivity contribution in [2.45, 2.75) is 24.7 Å². The van der Waals surface area contributed by atoms with Crippen molar-refractivity contribution in [2.75, 3.05) is 4.90 Å². The Morgan fingerprint density at radius 1 is 0.375 bits per heavy atom. The molecule has 1 heterocycles. The fourth-order valence-electron chi connectivity index (χ4n) is 11.7. The Kier molecular flexibility index (Phi) is 7.90. The van der Waals surface area contributed by atoms with Gasteiger partial charge in [0.1, 0.15) is 0 Å². The van der Waals surface area contributed by atoms with Gasteiger partial charge in [-0.15, -0.1) is 0 Å². The summed E-state index contributed by atoms with van der Waals surface area (Å²) in [6.07, 6.45) is 0. The number of rotatable bonds is 6. The zero-order chi connectivity index (χ0) is 42.6. The molecule has 0 fully saturated rings. The van der Waals surface area contributed by atoms with Crippen LogP contribution >= 0.6 is 0 Å². The van der Waals surface area contributed by atoms with Crippen LogP contribution in [0, 0.1) is 0 Å². The molecule has 0 saturated carbocycles. The summed E-state index contributed by atoms with van der Waals surface area (Å²) >= 11 is 0. The molecule has 1 aromatic heterocycles. The van der Waals surface area contributed by atoms with Gasteiger partial charge in [-0.3, -0.25) is 0 Å². The van der Waals surface area contributed by atoms with Crippen molar-refractivity contribution >= 4 is 49.6 Å². The zero-order valence-corrected chi connectivity index (χ0v) is 35.8. The second kappa shape index (κ2) is 13.8. The van der Waals surface area contributed by atoms with Crippen molar-refractivity contribution < 1.29 is 0 Å². The molecule has 0 atom stereocenters. The lowest BCUT2D eigenvalue weighted by Gasteiger charge is -2.33. The van der Waals surface area contributed by atoms with Gasteiger partial charge in [-0.1, -0.05) is 202 Å². The first-order valence-electron chi connectivity index (χ1n) is 22.4. The van der Waals surface area contributed by atoms with Gasteiger partial charge >= 0.3 is 0 Å². The predicted octanol–water partition coefficient (Wildman–Crippen LogP) is 16.1. The van der Waals surface area contributed by atoms with Crippen LogP contribution in [0.2, 0.25) is 0 Å². The van der Waals surface area contributed by atoms with E-state index < -0.39 is 5.41 Å². The van der Waals surface area contributed by atoms with Crippen LogP contribution in [0.3, 0.4) is 0 Å². The number of aromatic nitrogens is 1. The standard InChI is InChI=1S/C62H44N2/c1-61(2)52-29-14-12-28-50(52)60-55(61)31-18-34-58(60)63(56-33-17-20-41-19-9-10-25-46(41)56)45-35-37-49-48-27-13-16-32-57(48)64(59(49)40-45)44-36-38-54-51(39-44)47-26-11-15-30-53(47)62(54,42-21-5-3-6-22-42)43-23-7-4-8-24-43/h3-40H,1-2H3. The fraction of sp³-hybridized carbons (Fsp3) is 0.0645. The summed E-state index contributed by atoms with van der Waals surface area (Å²) in [7, 11) is 0. The van der Waals surface area contributed by atoms with E-state index in [-0.39, 0.29) is 5.41 Å². The molecule has 2 heteroatoms. The van der Waals surface area contributed by atoms with Gasteiger partial charge in [0.2, 0.25) is 0 Å². The molecule has 2 nitrogen and oxygen atoms in total. The zero-order valence-electron chi connectivity index (χ0n) is 35.8. The highest BCUT2D eigenvalue weighted by atomic mass is 15.1. The lowest BCUT2D eigenvalue weighted by molar-refractivity contribution is 0.660. The van der Waals surface area contributed by atoms with Crippen LogP contribution in [0.1, 0.15) is 47.2 Å². The van der Waals surface area contributed by atoms with Gasteiger partial charge in [0.05, 0.1) is 27.8 Å². The van der Waals surface area contributed by atoms with Crippen LogP contribution < -0.4 is 4.90 Å². The van der Waals surface area contributed by atoms with Crippen LogP contribution in [0.4, 0.5) is 17.1 Å². The second-order valence-electron chi connectivity index (χ2n) is 18.0. The molecule has 0 amide bonds. The van der Waals surface area contributed by atoms with Gasteiger partial charge in [0.15, 0.2) is 0 Å². The highest BCUT2D eigenvalue weighted by Gasteiger charge is 2.46. The smallest absolute Gasteiger partial charge is 0.0713 e. The van der Waals surface area contributed by atoms with E-state index >= 15 is 0 Å². The summed E-state index contributed by atoms with van der Waals surface area (Å²) in [6.45, 7) is 4.74. The maximum absolute atomic E-state index is 2.52. The summed E-state index contributed by atoms with van der Waals surface area (Å²) in [5.74, 6) is 0. The highest BCUT2D eigenvalue weighted by Crippen LogP contribution is 2.58. The first-order valence-corrected chi connectivity index (χ1v) is 22.4. The number of para-hydroxylation sites is 1. The molecular formula is C62H44N2. The lowest BCUT2D eigenvalue weighted by Crippen LogP contribution is -2.28. The average Bonchev–Trinajstić information content (AvgIpc) is 3.93. The molecule has 2 aliphatic carbocycles. The van der Waals surface area contributed by atoms with E-state index in [1.54, 1.807) is 0 Å². The van der Waals surface area contributed by atoms with Gasteiger partial charge in [-0.2, -0.15) is 0 Å². The summed E-state index contributed by atoms with van der Waals surface area (Å²) < 4.78 is 2.50. The van der Waals surface area contributed by atoms with Crippen LogP contribution in [0.15, 0.2) is 231 Å². The second-order valence-corrected chi connectivity index (χ2v) is 18.0. The molecule has 302 valence electrons. The molecule has 2 aliphatic rings. The Hall–Kier alpha value is -7.94. The van der Waals surface area contributed by atoms with Crippen LogP contribution in [-0.4, -0.2) is 4.57 Å². The minimum atomic E-state index is -0.455. The molecule has 0 spiro atoms. The maximum atomic E-state index is 2.52. The minimum Gasteiger partial charge on any atom is -0.309 e. The molecule has 0 N–H and O–H groups in total.